The molecular formula is C19H24ClNO2. The molecular weight excluding hydrogens is 310 g/mol. The van der Waals surface area contributed by atoms with E-state index in [4.69, 9.17) is 9.47 Å². The van der Waals surface area contributed by atoms with E-state index in [0.29, 0.717) is 19.1 Å². The molecule has 2 aromatic rings. The third kappa shape index (κ3) is 5.63. The number of rotatable bonds is 7. The highest BCUT2D eigenvalue weighted by molar-refractivity contribution is 5.85. The highest BCUT2D eigenvalue weighted by atomic mass is 35.5. The topological polar surface area (TPSA) is 30.5 Å². The predicted molar refractivity (Wildman–Crippen MR) is 94.7 cm³/mol. The van der Waals surface area contributed by atoms with E-state index in [1.807, 2.05) is 36.4 Å². The second-order valence-electron chi connectivity index (χ2n) is 5.75. The Morgan fingerprint density at radius 2 is 1.43 bits per heavy atom. The maximum atomic E-state index is 6.06. The fourth-order valence-corrected chi connectivity index (χ4v) is 2.75. The van der Waals surface area contributed by atoms with Crippen LogP contribution in [0.2, 0.25) is 0 Å². The Morgan fingerprint density at radius 3 is 2.09 bits per heavy atom. The Kier molecular flexibility index (Phi) is 7.56. The highest BCUT2D eigenvalue weighted by Crippen LogP contribution is 2.16. The zero-order chi connectivity index (χ0) is 15.0. The molecule has 0 spiro atoms. The highest BCUT2D eigenvalue weighted by Gasteiger charge is 2.27. The molecule has 1 aliphatic rings. The molecule has 1 saturated heterocycles. The van der Waals surface area contributed by atoms with Crippen molar-refractivity contribution in [1.82, 2.24) is 5.32 Å². The molecule has 0 aliphatic carbocycles. The van der Waals surface area contributed by atoms with Gasteiger partial charge >= 0.3 is 0 Å². The third-order valence-corrected chi connectivity index (χ3v) is 4.03. The Morgan fingerprint density at radius 1 is 0.826 bits per heavy atom. The number of hydrogen-bond acceptors (Lipinski definition) is 3. The first kappa shape index (κ1) is 18.0. The minimum absolute atomic E-state index is 0. The van der Waals surface area contributed by atoms with Gasteiger partial charge in [0.2, 0.25) is 0 Å². The molecule has 2 atom stereocenters. The normalized spacial score (nSPS) is 20.2. The summed E-state index contributed by atoms with van der Waals surface area (Å²) in [6.45, 7) is 3.95. The lowest BCUT2D eigenvalue weighted by Gasteiger charge is -2.19. The standard InChI is InChI=1S/C19H23NO2.ClH/c1-3-7-16(8-4-1)13-21-15-18-11-20-12-19(18)22-14-17-9-5-2-6-10-17;/h1-10,18-20H,11-15H2;1H. The van der Waals surface area contributed by atoms with Gasteiger partial charge in [0.15, 0.2) is 0 Å². The second-order valence-corrected chi connectivity index (χ2v) is 5.75. The summed E-state index contributed by atoms with van der Waals surface area (Å²) in [4.78, 5) is 0. The minimum Gasteiger partial charge on any atom is -0.376 e. The van der Waals surface area contributed by atoms with Crippen molar-refractivity contribution in [1.29, 1.82) is 0 Å². The van der Waals surface area contributed by atoms with Crippen molar-refractivity contribution in [2.75, 3.05) is 19.7 Å². The Hall–Kier alpha value is -1.39. The van der Waals surface area contributed by atoms with E-state index >= 15 is 0 Å². The molecule has 2 aromatic carbocycles. The van der Waals surface area contributed by atoms with Gasteiger partial charge in [-0.25, -0.2) is 0 Å². The summed E-state index contributed by atoms with van der Waals surface area (Å²) < 4.78 is 11.9. The smallest absolute Gasteiger partial charge is 0.0766 e. The van der Waals surface area contributed by atoms with Gasteiger partial charge in [-0.05, 0) is 11.1 Å². The average molecular weight is 334 g/mol. The van der Waals surface area contributed by atoms with Crippen molar-refractivity contribution in [3.8, 4) is 0 Å². The first-order valence-corrected chi connectivity index (χ1v) is 7.90. The molecule has 0 bridgehead atoms. The van der Waals surface area contributed by atoms with E-state index in [1.54, 1.807) is 0 Å². The summed E-state index contributed by atoms with van der Waals surface area (Å²) in [5, 5.41) is 3.40. The molecule has 1 aliphatic heterocycles. The Labute approximate surface area is 144 Å². The Bertz CT molecular complexity index is 550. The van der Waals surface area contributed by atoms with E-state index in [-0.39, 0.29) is 18.5 Å². The molecule has 1 N–H and O–H groups in total. The number of benzene rings is 2. The Balaban J connectivity index is 0.00000192. The largest absolute Gasteiger partial charge is 0.376 e. The van der Waals surface area contributed by atoms with E-state index in [2.05, 4.69) is 29.6 Å². The summed E-state index contributed by atoms with van der Waals surface area (Å²) >= 11 is 0. The van der Waals surface area contributed by atoms with E-state index < -0.39 is 0 Å². The maximum Gasteiger partial charge on any atom is 0.0766 e. The maximum absolute atomic E-state index is 6.06. The second kappa shape index (κ2) is 9.68. The lowest BCUT2D eigenvalue weighted by atomic mass is 10.1. The SMILES string of the molecule is Cl.c1ccc(COCC2CNCC2OCc2ccccc2)cc1. The molecule has 3 nitrogen and oxygen atoms in total. The van der Waals surface area contributed by atoms with Crippen molar-refractivity contribution in [3.63, 3.8) is 0 Å². The van der Waals surface area contributed by atoms with Crippen LogP contribution in [0.15, 0.2) is 60.7 Å². The van der Waals surface area contributed by atoms with Gasteiger partial charge in [0.25, 0.3) is 0 Å². The summed E-state index contributed by atoms with van der Waals surface area (Å²) in [7, 11) is 0. The van der Waals surface area contributed by atoms with Gasteiger partial charge in [-0.2, -0.15) is 0 Å². The van der Waals surface area contributed by atoms with Crippen molar-refractivity contribution >= 4 is 12.4 Å². The van der Waals surface area contributed by atoms with Gasteiger partial charge in [-0.15, -0.1) is 12.4 Å². The lowest BCUT2D eigenvalue weighted by molar-refractivity contribution is -0.00989. The number of ether oxygens (including phenoxy) is 2. The van der Waals surface area contributed by atoms with Gasteiger partial charge in [0.05, 0.1) is 25.9 Å². The van der Waals surface area contributed by atoms with Gasteiger partial charge in [0, 0.05) is 19.0 Å². The van der Waals surface area contributed by atoms with Gasteiger partial charge in [-0.3, -0.25) is 0 Å². The molecule has 0 saturated carbocycles. The van der Waals surface area contributed by atoms with Gasteiger partial charge in [-0.1, -0.05) is 60.7 Å². The van der Waals surface area contributed by atoms with Crippen molar-refractivity contribution < 1.29 is 9.47 Å². The molecule has 0 aromatic heterocycles. The van der Waals surface area contributed by atoms with Crippen LogP contribution in [-0.2, 0) is 22.7 Å². The van der Waals surface area contributed by atoms with Crippen LogP contribution in [-0.4, -0.2) is 25.8 Å². The van der Waals surface area contributed by atoms with E-state index in [1.165, 1.54) is 11.1 Å². The first-order valence-electron chi connectivity index (χ1n) is 7.90. The quantitative estimate of drug-likeness (QED) is 0.842. The monoisotopic (exact) mass is 333 g/mol. The van der Waals surface area contributed by atoms with Crippen LogP contribution in [0.3, 0.4) is 0 Å². The molecule has 0 amide bonds. The van der Waals surface area contributed by atoms with Crippen LogP contribution in [0.25, 0.3) is 0 Å². The zero-order valence-corrected chi connectivity index (χ0v) is 14.0. The molecule has 124 valence electrons. The van der Waals surface area contributed by atoms with Crippen LogP contribution in [0.5, 0.6) is 0 Å². The third-order valence-electron chi connectivity index (χ3n) is 4.03. The first-order chi connectivity index (χ1) is 10.9. The summed E-state index contributed by atoms with van der Waals surface area (Å²) in [5.74, 6) is 0.424. The number of halogens is 1. The van der Waals surface area contributed by atoms with Crippen LogP contribution in [0.1, 0.15) is 11.1 Å². The fraction of sp³-hybridized carbons (Fsp3) is 0.368. The molecule has 3 rings (SSSR count). The van der Waals surface area contributed by atoms with Crippen molar-refractivity contribution in [2.45, 2.75) is 19.3 Å². The molecule has 2 unspecified atom stereocenters. The molecule has 1 heterocycles. The average Bonchev–Trinajstić information content (AvgIpc) is 3.02. The van der Waals surface area contributed by atoms with Crippen molar-refractivity contribution in [2.24, 2.45) is 5.92 Å². The summed E-state index contributed by atoms with van der Waals surface area (Å²) in [5.41, 5.74) is 2.44. The fourth-order valence-electron chi connectivity index (χ4n) is 2.75. The number of hydrogen-bond donors (Lipinski definition) is 1. The molecule has 1 fully saturated rings. The van der Waals surface area contributed by atoms with Crippen LogP contribution in [0, 0.1) is 5.92 Å². The van der Waals surface area contributed by atoms with Gasteiger partial charge in [0.1, 0.15) is 0 Å². The number of nitrogens with one attached hydrogen (secondary N) is 1. The van der Waals surface area contributed by atoms with E-state index in [9.17, 15) is 0 Å². The molecule has 23 heavy (non-hydrogen) atoms. The molecule has 0 radical (unpaired) electrons. The molecule has 4 heteroatoms. The van der Waals surface area contributed by atoms with Crippen molar-refractivity contribution in [3.05, 3.63) is 71.8 Å². The zero-order valence-electron chi connectivity index (χ0n) is 13.2. The van der Waals surface area contributed by atoms with Crippen LogP contribution in [0.4, 0.5) is 0 Å². The van der Waals surface area contributed by atoms with E-state index in [0.717, 1.165) is 19.7 Å². The lowest BCUT2D eigenvalue weighted by Crippen LogP contribution is -2.26. The predicted octanol–water partition coefficient (Wildman–Crippen LogP) is 3.43. The summed E-state index contributed by atoms with van der Waals surface area (Å²) in [6, 6.07) is 20.6. The summed E-state index contributed by atoms with van der Waals surface area (Å²) in [6.07, 6.45) is 0.232. The minimum atomic E-state index is 0. The van der Waals surface area contributed by atoms with Crippen LogP contribution < -0.4 is 5.32 Å². The van der Waals surface area contributed by atoms with Crippen LogP contribution >= 0.6 is 12.4 Å². The van der Waals surface area contributed by atoms with Gasteiger partial charge < -0.3 is 14.8 Å².